The van der Waals surface area contributed by atoms with Crippen LogP contribution in [-0.4, -0.2) is 19.9 Å². The number of benzene rings is 3. The van der Waals surface area contributed by atoms with Crippen molar-refractivity contribution in [1.29, 1.82) is 0 Å². The Kier molecular flexibility index (Phi) is 2.19. The lowest BCUT2D eigenvalue weighted by Gasteiger charge is -2.04. The van der Waals surface area contributed by atoms with Gasteiger partial charge in [0.05, 0.1) is 33.1 Å². The predicted octanol–water partition coefficient (Wildman–Crippen LogP) is 3.88. The van der Waals surface area contributed by atoms with Gasteiger partial charge in [0.25, 0.3) is 0 Å². The second-order valence-corrected chi connectivity index (χ2v) is 5.30. The Bertz CT molecular complexity index is 997. The van der Waals surface area contributed by atoms with Crippen molar-refractivity contribution in [2.24, 2.45) is 0 Å². The topological polar surface area (TPSA) is 51.6 Å². The maximum atomic E-state index is 4.75. The van der Waals surface area contributed by atoms with Gasteiger partial charge in [-0.05, 0) is 35.0 Å². The molecule has 3 aromatic carbocycles. The van der Waals surface area contributed by atoms with Crippen LogP contribution in [0.4, 0.5) is 0 Å². The van der Waals surface area contributed by atoms with Gasteiger partial charge in [-0.2, -0.15) is 0 Å². The first-order valence-corrected chi connectivity index (χ1v) is 7.08. The lowest BCUT2D eigenvalue weighted by Crippen LogP contribution is -1.90. The highest BCUT2D eigenvalue weighted by Crippen LogP contribution is 2.24. The number of hydrogen-bond acceptors (Lipinski definition) is 4. The van der Waals surface area contributed by atoms with Crippen molar-refractivity contribution in [3.05, 3.63) is 60.9 Å². The van der Waals surface area contributed by atoms with Crippen LogP contribution in [0.2, 0.25) is 0 Å². The highest BCUT2D eigenvalue weighted by Gasteiger charge is 2.06. The molecule has 2 heterocycles. The fourth-order valence-corrected chi connectivity index (χ4v) is 2.82. The minimum atomic E-state index is 0.837. The molecular formula is C18H10N4. The first kappa shape index (κ1) is 11.5. The molecule has 2 aromatic heterocycles. The van der Waals surface area contributed by atoms with E-state index in [2.05, 4.69) is 34.2 Å². The summed E-state index contributed by atoms with van der Waals surface area (Å²) < 4.78 is 0. The Morgan fingerprint density at radius 1 is 0.500 bits per heavy atom. The Balaban J connectivity index is 1.93. The average Bonchev–Trinajstić information content (AvgIpc) is 2.56. The molecule has 0 amide bonds. The molecule has 0 spiro atoms. The Hall–Kier alpha value is -3.14. The summed E-state index contributed by atoms with van der Waals surface area (Å²) in [5.41, 5.74) is 5.16. The summed E-state index contributed by atoms with van der Waals surface area (Å²) in [5, 5.41) is 2.34. The molecule has 5 aromatic rings. The second kappa shape index (κ2) is 4.18. The van der Waals surface area contributed by atoms with E-state index in [1.807, 2.05) is 24.3 Å². The van der Waals surface area contributed by atoms with Crippen molar-refractivity contribution in [3.8, 4) is 0 Å². The normalized spacial score (nSPS) is 11.6. The molecule has 4 heteroatoms. The summed E-state index contributed by atoms with van der Waals surface area (Å²) in [6, 6.07) is 16.3. The zero-order valence-electron chi connectivity index (χ0n) is 11.6. The van der Waals surface area contributed by atoms with Crippen molar-refractivity contribution in [3.63, 3.8) is 0 Å². The fraction of sp³-hybridized carbons (Fsp3) is 0. The fourth-order valence-electron chi connectivity index (χ4n) is 2.82. The smallest absolute Gasteiger partial charge is 0.0917 e. The molecule has 0 fully saturated rings. The number of rotatable bonds is 0. The van der Waals surface area contributed by atoms with Gasteiger partial charge in [-0.15, -0.1) is 0 Å². The van der Waals surface area contributed by atoms with Crippen molar-refractivity contribution in [1.82, 2.24) is 19.9 Å². The van der Waals surface area contributed by atoms with Crippen LogP contribution in [0.3, 0.4) is 0 Å². The van der Waals surface area contributed by atoms with Gasteiger partial charge in [0, 0.05) is 12.4 Å². The van der Waals surface area contributed by atoms with E-state index in [0.717, 1.165) is 33.1 Å². The molecule has 0 aliphatic carbocycles. The minimum absolute atomic E-state index is 0.837. The summed E-state index contributed by atoms with van der Waals surface area (Å²) in [6.45, 7) is 0. The van der Waals surface area contributed by atoms with E-state index in [1.165, 1.54) is 10.8 Å². The summed E-state index contributed by atoms with van der Waals surface area (Å²) in [7, 11) is 0. The van der Waals surface area contributed by atoms with Crippen molar-refractivity contribution in [2.45, 2.75) is 0 Å². The molecule has 5 rings (SSSR count). The molecule has 0 unspecified atom stereocenters. The standard InChI is InChI=1S/C18H10N4/c1-2-4-12-8-16-15(7-11(12)3-1)21-17-9-13-14(10-18(17)22-16)20-6-5-19-13/h1-10H. The highest BCUT2D eigenvalue weighted by molar-refractivity contribution is 5.99. The number of nitrogens with zero attached hydrogens (tertiary/aromatic N) is 4. The monoisotopic (exact) mass is 282 g/mol. The molecule has 0 saturated heterocycles. The van der Waals surface area contributed by atoms with Crippen LogP contribution in [0.1, 0.15) is 0 Å². The molecule has 0 aliphatic heterocycles. The lowest BCUT2D eigenvalue weighted by atomic mass is 10.1. The van der Waals surface area contributed by atoms with E-state index in [-0.39, 0.29) is 0 Å². The predicted molar refractivity (Wildman–Crippen MR) is 87.6 cm³/mol. The highest BCUT2D eigenvalue weighted by atomic mass is 14.8. The van der Waals surface area contributed by atoms with Crippen LogP contribution < -0.4 is 0 Å². The molecule has 0 bridgehead atoms. The lowest BCUT2D eigenvalue weighted by molar-refractivity contribution is 1.29. The van der Waals surface area contributed by atoms with Crippen LogP contribution in [0.5, 0.6) is 0 Å². The molecule has 0 saturated carbocycles. The second-order valence-electron chi connectivity index (χ2n) is 5.30. The summed E-state index contributed by atoms with van der Waals surface area (Å²) in [6.07, 6.45) is 3.38. The van der Waals surface area contributed by atoms with Gasteiger partial charge in [0.2, 0.25) is 0 Å². The number of fused-ring (bicyclic) bond motifs is 4. The molecular weight excluding hydrogens is 272 g/mol. The van der Waals surface area contributed by atoms with E-state index in [1.54, 1.807) is 12.4 Å². The minimum Gasteiger partial charge on any atom is -0.253 e. The Morgan fingerprint density at radius 3 is 1.45 bits per heavy atom. The Labute approximate surface area is 125 Å². The first-order valence-electron chi connectivity index (χ1n) is 7.08. The van der Waals surface area contributed by atoms with E-state index >= 15 is 0 Å². The summed E-state index contributed by atoms with van der Waals surface area (Å²) in [5.74, 6) is 0. The molecule has 0 N–H and O–H groups in total. The molecule has 0 atom stereocenters. The van der Waals surface area contributed by atoms with E-state index in [0.29, 0.717) is 0 Å². The van der Waals surface area contributed by atoms with Gasteiger partial charge in [-0.1, -0.05) is 24.3 Å². The van der Waals surface area contributed by atoms with Gasteiger partial charge in [-0.25, -0.2) is 9.97 Å². The van der Waals surface area contributed by atoms with Gasteiger partial charge < -0.3 is 0 Å². The number of aromatic nitrogens is 4. The van der Waals surface area contributed by atoms with Crippen LogP contribution >= 0.6 is 0 Å². The summed E-state index contributed by atoms with van der Waals surface area (Å²) in [4.78, 5) is 18.2. The van der Waals surface area contributed by atoms with Crippen LogP contribution in [0.15, 0.2) is 60.9 Å². The van der Waals surface area contributed by atoms with Crippen LogP contribution in [0.25, 0.3) is 43.9 Å². The van der Waals surface area contributed by atoms with Crippen molar-refractivity contribution in [2.75, 3.05) is 0 Å². The van der Waals surface area contributed by atoms with E-state index < -0.39 is 0 Å². The van der Waals surface area contributed by atoms with Crippen molar-refractivity contribution >= 4 is 43.9 Å². The molecule has 102 valence electrons. The van der Waals surface area contributed by atoms with E-state index in [4.69, 9.17) is 9.97 Å². The third-order valence-corrected chi connectivity index (χ3v) is 3.89. The maximum Gasteiger partial charge on any atom is 0.0917 e. The third kappa shape index (κ3) is 1.64. The molecule has 0 aliphatic rings. The molecule has 0 radical (unpaired) electrons. The molecule has 22 heavy (non-hydrogen) atoms. The van der Waals surface area contributed by atoms with Gasteiger partial charge >= 0.3 is 0 Å². The summed E-state index contributed by atoms with van der Waals surface area (Å²) >= 11 is 0. The van der Waals surface area contributed by atoms with Gasteiger partial charge in [-0.3, -0.25) is 9.97 Å². The number of hydrogen-bond donors (Lipinski definition) is 0. The first-order chi connectivity index (χ1) is 10.9. The van der Waals surface area contributed by atoms with Crippen LogP contribution in [0, 0.1) is 0 Å². The maximum absolute atomic E-state index is 4.75. The SMILES string of the molecule is c1ccc2cc3nc4cc5nccnc5cc4nc3cc2c1. The third-order valence-electron chi connectivity index (χ3n) is 3.89. The average molecular weight is 282 g/mol. The zero-order valence-corrected chi connectivity index (χ0v) is 11.6. The van der Waals surface area contributed by atoms with E-state index in [9.17, 15) is 0 Å². The van der Waals surface area contributed by atoms with Gasteiger partial charge in [0.1, 0.15) is 0 Å². The Morgan fingerprint density at radius 2 is 0.955 bits per heavy atom. The quantitative estimate of drug-likeness (QED) is 0.404. The van der Waals surface area contributed by atoms with Crippen LogP contribution in [-0.2, 0) is 0 Å². The molecule has 4 nitrogen and oxygen atoms in total. The van der Waals surface area contributed by atoms with Crippen molar-refractivity contribution < 1.29 is 0 Å². The van der Waals surface area contributed by atoms with Gasteiger partial charge in [0.15, 0.2) is 0 Å². The largest absolute Gasteiger partial charge is 0.253 e. The zero-order chi connectivity index (χ0) is 14.5.